The highest BCUT2D eigenvalue weighted by Crippen LogP contribution is 2.17. The molecule has 1 rings (SSSR count). The Labute approximate surface area is 115 Å². The van der Waals surface area contributed by atoms with Crippen molar-refractivity contribution in [2.45, 2.75) is 23.9 Å². The molecule has 0 unspecified atom stereocenters. The summed E-state index contributed by atoms with van der Waals surface area (Å²) in [7, 11) is 0. The maximum absolute atomic E-state index is 11.3. The number of aliphatic hydroxyl groups is 1. The third kappa shape index (κ3) is 3.98. The van der Waals surface area contributed by atoms with Gasteiger partial charge in [0.15, 0.2) is 4.84 Å². The van der Waals surface area contributed by atoms with Crippen molar-refractivity contribution in [2.75, 3.05) is 0 Å². The number of aldehydes is 1. The fourth-order valence-electron chi connectivity index (χ4n) is 1.39. The van der Waals surface area contributed by atoms with Crippen LogP contribution in [0, 0.1) is 6.92 Å². The van der Waals surface area contributed by atoms with Crippen LogP contribution in [0.1, 0.15) is 17.2 Å². The van der Waals surface area contributed by atoms with Crippen molar-refractivity contribution in [3.05, 3.63) is 35.4 Å². The largest absolute Gasteiger partial charge is 0.386 e. The number of amides is 1. The highest BCUT2D eigenvalue weighted by atomic mass is 35.5. The summed E-state index contributed by atoms with van der Waals surface area (Å²) in [6, 6.07) is 5.88. The Bertz CT molecular complexity index is 420. The lowest BCUT2D eigenvalue weighted by molar-refractivity contribution is -0.124. The molecule has 2 atom stereocenters. The van der Waals surface area contributed by atoms with Gasteiger partial charge in [-0.2, -0.15) is 0 Å². The smallest absolute Gasteiger partial charge is 0.253 e. The summed E-state index contributed by atoms with van der Waals surface area (Å²) in [4.78, 5) is 20.9. The summed E-state index contributed by atoms with van der Waals surface area (Å²) < 4.78 is 0. The molecule has 0 saturated carbocycles. The average Bonchev–Trinajstić information content (AvgIpc) is 2.35. The van der Waals surface area contributed by atoms with E-state index in [0.717, 1.165) is 5.56 Å². The molecule has 1 aromatic carbocycles. The fraction of sp³-hybridized carbons (Fsp3) is 0.333. The highest BCUT2D eigenvalue weighted by Gasteiger charge is 2.24. The predicted molar refractivity (Wildman–Crippen MR) is 69.6 cm³/mol. The van der Waals surface area contributed by atoms with Gasteiger partial charge in [-0.1, -0.05) is 53.0 Å². The number of hydrogen-bond donors (Lipinski definition) is 2. The number of aryl methyl sites for hydroxylation is 1. The first-order valence-electron chi connectivity index (χ1n) is 5.24. The molecule has 1 amide bonds. The van der Waals surface area contributed by atoms with E-state index in [1.165, 1.54) is 0 Å². The van der Waals surface area contributed by atoms with E-state index in [9.17, 15) is 14.7 Å². The number of alkyl halides is 2. The fourth-order valence-corrected chi connectivity index (χ4v) is 1.51. The molecule has 0 fully saturated rings. The lowest BCUT2D eigenvalue weighted by atomic mass is 10.0. The third-order valence-electron chi connectivity index (χ3n) is 2.41. The SMILES string of the molecule is Cc1ccc([C@H](O)[C@H](C=O)NC(=O)C(Cl)Cl)cc1. The highest BCUT2D eigenvalue weighted by molar-refractivity contribution is 6.53. The molecule has 0 aromatic heterocycles. The van der Waals surface area contributed by atoms with Crippen molar-refractivity contribution >= 4 is 35.4 Å². The van der Waals surface area contributed by atoms with Gasteiger partial charge < -0.3 is 15.2 Å². The van der Waals surface area contributed by atoms with Crippen molar-refractivity contribution < 1.29 is 14.7 Å². The van der Waals surface area contributed by atoms with Crippen LogP contribution >= 0.6 is 23.2 Å². The van der Waals surface area contributed by atoms with Crippen molar-refractivity contribution in [3.8, 4) is 0 Å². The first-order chi connectivity index (χ1) is 8.45. The van der Waals surface area contributed by atoms with Crippen molar-refractivity contribution in [1.29, 1.82) is 0 Å². The molecule has 0 bridgehead atoms. The minimum absolute atomic E-state index is 0.443. The van der Waals surface area contributed by atoms with Crippen LogP contribution < -0.4 is 5.32 Å². The molecule has 0 radical (unpaired) electrons. The first kappa shape index (κ1) is 15.0. The van der Waals surface area contributed by atoms with Gasteiger partial charge in [0.25, 0.3) is 5.91 Å². The van der Waals surface area contributed by atoms with Gasteiger partial charge >= 0.3 is 0 Å². The molecule has 4 nitrogen and oxygen atoms in total. The van der Waals surface area contributed by atoms with Crippen LogP contribution in [-0.4, -0.2) is 28.2 Å². The standard InChI is InChI=1S/C12H13Cl2NO3/c1-7-2-4-8(5-3-7)10(17)9(6-16)15-12(18)11(13)14/h2-6,9-11,17H,1H3,(H,15,18)/t9-,10-/m0/s1. The Morgan fingerprint density at radius 2 is 1.89 bits per heavy atom. The number of hydrogen-bond acceptors (Lipinski definition) is 3. The summed E-state index contributed by atoms with van der Waals surface area (Å²) in [5.41, 5.74) is 1.55. The number of aliphatic hydroxyl groups excluding tert-OH is 1. The Morgan fingerprint density at radius 3 is 2.33 bits per heavy atom. The van der Waals surface area contributed by atoms with Gasteiger partial charge in [0.1, 0.15) is 18.4 Å². The molecule has 0 heterocycles. The predicted octanol–water partition coefficient (Wildman–Crippen LogP) is 1.52. The Morgan fingerprint density at radius 1 is 1.33 bits per heavy atom. The summed E-state index contributed by atoms with van der Waals surface area (Å²) in [5.74, 6) is -0.721. The van der Waals surface area contributed by atoms with E-state index < -0.39 is 22.9 Å². The number of benzene rings is 1. The molecule has 0 aliphatic heterocycles. The zero-order chi connectivity index (χ0) is 13.7. The molecular weight excluding hydrogens is 277 g/mol. The summed E-state index contributed by atoms with van der Waals surface area (Å²) in [5, 5.41) is 12.2. The molecule has 0 aliphatic rings. The molecule has 0 spiro atoms. The second kappa shape index (κ2) is 6.73. The number of carbonyl (C=O) groups excluding carboxylic acids is 2. The van der Waals surface area contributed by atoms with Gasteiger partial charge in [0.05, 0.1) is 0 Å². The second-order valence-corrected chi connectivity index (χ2v) is 4.92. The van der Waals surface area contributed by atoms with Crippen LogP contribution in [0.15, 0.2) is 24.3 Å². The summed E-state index contributed by atoms with van der Waals surface area (Å²) in [6.07, 6.45) is -0.697. The molecule has 98 valence electrons. The quantitative estimate of drug-likeness (QED) is 0.638. The minimum Gasteiger partial charge on any atom is -0.386 e. The van der Waals surface area contributed by atoms with E-state index in [2.05, 4.69) is 5.32 Å². The Hall–Kier alpha value is -1.10. The maximum Gasteiger partial charge on any atom is 0.253 e. The topological polar surface area (TPSA) is 66.4 Å². The minimum atomic E-state index is -1.28. The van der Waals surface area contributed by atoms with Gasteiger partial charge in [-0.05, 0) is 12.5 Å². The molecular formula is C12H13Cl2NO3. The molecule has 0 aliphatic carbocycles. The van der Waals surface area contributed by atoms with Gasteiger partial charge in [-0.3, -0.25) is 4.79 Å². The van der Waals surface area contributed by atoms with Crippen LogP contribution in [0.5, 0.6) is 0 Å². The second-order valence-electron chi connectivity index (χ2n) is 3.83. The van der Waals surface area contributed by atoms with Crippen molar-refractivity contribution in [2.24, 2.45) is 0 Å². The van der Waals surface area contributed by atoms with Gasteiger partial charge in [-0.15, -0.1) is 0 Å². The lowest BCUT2D eigenvalue weighted by Gasteiger charge is -2.19. The van der Waals surface area contributed by atoms with Crippen LogP contribution in [-0.2, 0) is 9.59 Å². The Kier molecular flexibility index (Phi) is 5.59. The molecule has 6 heteroatoms. The van der Waals surface area contributed by atoms with Gasteiger partial charge in [0, 0.05) is 0 Å². The zero-order valence-corrected chi connectivity index (χ0v) is 11.2. The van der Waals surface area contributed by atoms with E-state index in [1.807, 2.05) is 6.92 Å². The van der Waals surface area contributed by atoms with E-state index >= 15 is 0 Å². The van der Waals surface area contributed by atoms with E-state index in [0.29, 0.717) is 11.8 Å². The third-order valence-corrected chi connectivity index (χ3v) is 2.81. The van der Waals surface area contributed by atoms with Gasteiger partial charge in [-0.25, -0.2) is 0 Å². The van der Waals surface area contributed by atoms with Crippen molar-refractivity contribution in [3.63, 3.8) is 0 Å². The molecule has 1 aromatic rings. The number of halogens is 2. The first-order valence-corrected chi connectivity index (χ1v) is 6.11. The molecule has 18 heavy (non-hydrogen) atoms. The molecule has 2 N–H and O–H groups in total. The number of nitrogens with one attached hydrogen (secondary N) is 1. The van der Waals surface area contributed by atoms with E-state index in [-0.39, 0.29) is 0 Å². The van der Waals surface area contributed by atoms with Crippen LogP contribution in [0.2, 0.25) is 0 Å². The average molecular weight is 290 g/mol. The lowest BCUT2D eigenvalue weighted by Crippen LogP contribution is -2.42. The summed E-state index contributed by atoms with van der Waals surface area (Å²) >= 11 is 10.7. The van der Waals surface area contributed by atoms with Crippen LogP contribution in [0.25, 0.3) is 0 Å². The zero-order valence-electron chi connectivity index (χ0n) is 9.64. The van der Waals surface area contributed by atoms with Crippen LogP contribution in [0.3, 0.4) is 0 Å². The Balaban J connectivity index is 2.79. The normalized spacial score (nSPS) is 14.1. The van der Waals surface area contributed by atoms with E-state index in [1.54, 1.807) is 24.3 Å². The van der Waals surface area contributed by atoms with Crippen molar-refractivity contribution in [1.82, 2.24) is 5.32 Å². The number of carbonyl (C=O) groups is 2. The maximum atomic E-state index is 11.3. The van der Waals surface area contributed by atoms with E-state index in [4.69, 9.17) is 23.2 Å². The molecule has 0 saturated heterocycles. The van der Waals surface area contributed by atoms with Crippen LogP contribution in [0.4, 0.5) is 0 Å². The monoisotopic (exact) mass is 289 g/mol. The van der Waals surface area contributed by atoms with Gasteiger partial charge in [0.2, 0.25) is 0 Å². The number of rotatable bonds is 5. The summed E-state index contributed by atoms with van der Waals surface area (Å²) in [6.45, 7) is 1.90.